The molecule has 1 fully saturated rings. The Kier molecular flexibility index (Phi) is 4.55. The maximum atomic E-state index is 8.55. The highest BCUT2D eigenvalue weighted by molar-refractivity contribution is 4.63. The van der Waals surface area contributed by atoms with Crippen molar-refractivity contribution >= 4 is 0 Å². The molecule has 0 aromatic heterocycles. The third-order valence-electron chi connectivity index (χ3n) is 2.21. The summed E-state index contributed by atoms with van der Waals surface area (Å²) in [6.07, 6.45) is 7.46. The Hall–Kier alpha value is -0.0800. The van der Waals surface area contributed by atoms with E-state index in [2.05, 4.69) is 0 Å². The molecule has 2 nitrogen and oxygen atoms in total. The first kappa shape index (κ1) is 9.01. The summed E-state index contributed by atoms with van der Waals surface area (Å²) < 4.78 is 5.54. The number of hydrogen-bond acceptors (Lipinski definition) is 2. The number of unbranched alkanes of at least 4 members (excludes halogenated alkanes) is 1. The molecule has 0 bridgehead atoms. The minimum atomic E-state index is 0.326. The van der Waals surface area contributed by atoms with E-state index >= 15 is 0 Å². The molecule has 0 aliphatic carbocycles. The van der Waals surface area contributed by atoms with Gasteiger partial charge in [-0.1, -0.05) is 0 Å². The SMILES string of the molecule is OCCCCC1CCCCO1. The predicted molar refractivity (Wildman–Crippen MR) is 44.5 cm³/mol. The van der Waals surface area contributed by atoms with Gasteiger partial charge in [0.05, 0.1) is 6.10 Å². The molecule has 1 unspecified atom stereocenters. The summed E-state index contributed by atoms with van der Waals surface area (Å²) >= 11 is 0. The van der Waals surface area contributed by atoms with Gasteiger partial charge in [0, 0.05) is 13.2 Å². The van der Waals surface area contributed by atoms with Crippen molar-refractivity contribution in [2.24, 2.45) is 0 Å². The molecule has 0 saturated carbocycles. The van der Waals surface area contributed by atoms with Crippen LogP contribution in [0.3, 0.4) is 0 Å². The number of ether oxygens (including phenoxy) is 1. The fourth-order valence-electron chi connectivity index (χ4n) is 1.52. The summed E-state index contributed by atoms with van der Waals surface area (Å²) in [5.74, 6) is 0. The van der Waals surface area contributed by atoms with Crippen molar-refractivity contribution in [2.45, 2.75) is 44.6 Å². The largest absolute Gasteiger partial charge is 0.396 e. The number of aliphatic hydroxyl groups is 1. The van der Waals surface area contributed by atoms with Gasteiger partial charge >= 0.3 is 0 Å². The topological polar surface area (TPSA) is 29.5 Å². The van der Waals surface area contributed by atoms with Gasteiger partial charge < -0.3 is 9.84 Å². The molecular formula is C9H18O2. The summed E-state index contributed by atoms with van der Waals surface area (Å²) in [7, 11) is 0. The van der Waals surface area contributed by atoms with E-state index in [9.17, 15) is 0 Å². The molecule has 1 saturated heterocycles. The van der Waals surface area contributed by atoms with E-state index in [0.29, 0.717) is 12.7 Å². The third kappa shape index (κ3) is 3.73. The highest BCUT2D eigenvalue weighted by Crippen LogP contribution is 2.17. The highest BCUT2D eigenvalue weighted by atomic mass is 16.5. The van der Waals surface area contributed by atoms with Crippen LogP contribution in [0, 0.1) is 0 Å². The molecule has 0 spiro atoms. The van der Waals surface area contributed by atoms with Crippen molar-refractivity contribution in [3.8, 4) is 0 Å². The van der Waals surface area contributed by atoms with E-state index in [0.717, 1.165) is 25.9 Å². The van der Waals surface area contributed by atoms with E-state index in [4.69, 9.17) is 9.84 Å². The van der Waals surface area contributed by atoms with Crippen molar-refractivity contribution in [1.82, 2.24) is 0 Å². The molecule has 1 aliphatic rings. The first-order valence-corrected chi connectivity index (χ1v) is 4.66. The number of rotatable bonds is 4. The Morgan fingerprint density at radius 1 is 1.27 bits per heavy atom. The maximum absolute atomic E-state index is 8.55. The number of aliphatic hydroxyl groups excluding tert-OH is 1. The van der Waals surface area contributed by atoms with Gasteiger partial charge in [0.15, 0.2) is 0 Å². The van der Waals surface area contributed by atoms with Gasteiger partial charge in [-0.25, -0.2) is 0 Å². The van der Waals surface area contributed by atoms with Gasteiger partial charge in [-0.15, -0.1) is 0 Å². The van der Waals surface area contributed by atoms with E-state index in [1.807, 2.05) is 0 Å². The predicted octanol–water partition coefficient (Wildman–Crippen LogP) is 1.72. The lowest BCUT2D eigenvalue weighted by Gasteiger charge is -2.22. The second-order valence-electron chi connectivity index (χ2n) is 3.21. The van der Waals surface area contributed by atoms with Crippen LogP contribution in [0.2, 0.25) is 0 Å². The van der Waals surface area contributed by atoms with Crippen molar-refractivity contribution in [3.05, 3.63) is 0 Å². The molecule has 11 heavy (non-hydrogen) atoms. The van der Waals surface area contributed by atoms with Crippen molar-refractivity contribution < 1.29 is 9.84 Å². The highest BCUT2D eigenvalue weighted by Gasteiger charge is 2.12. The Morgan fingerprint density at radius 2 is 2.18 bits per heavy atom. The number of hydrogen-bond donors (Lipinski definition) is 1. The smallest absolute Gasteiger partial charge is 0.0575 e. The standard InChI is InChI=1S/C9H18O2/c10-7-3-1-5-9-6-2-4-8-11-9/h9-10H,1-8H2. The van der Waals surface area contributed by atoms with Crippen LogP contribution in [-0.4, -0.2) is 24.4 Å². The van der Waals surface area contributed by atoms with Gasteiger partial charge in [0.2, 0.25) is 0 Å². The Balaban J connectivity index is 1.96. The second-order valence-corrected chi connectivity index (χ2v) is 3.21. The van der Waals surface area contributed by atoms with Crippen LogP contribution >= 0.6 is 0 Å². The van der Waals surface area contributed by atoms with Crippen LogP contribution in [-0.2, 0) is 4.74 Å². The van der Waals surface area contributed by atoms with Crippen LogP contribution in [0.5, 0.6) is 0 Å². The summed E-state index contributed by atoms with van der Waals surface area (Å²) in [5.41, 5.74) is 0. The lowest BCUT2D eigenvalue weighted by molar-refractivity contribution is 0.00927. The maximum Gasteiger partial charge on any atom is 0.0575 e. The zero-order valence-corrected chi connectivity index (χ0v) is 7.09. The zero-order chi connectivity index (χ0) is 7.94. The van der Waals surface area contributed by atoms with E-state index in [1.54, 1.807) is 0 Å². The molecule has 66 valence electrons. The summed E-state index contributed by atoms with van der Waals surface area (Å²) in [5, 5.41) is 8.55. The van der Waals surface area contributed by atoms with Crippen molar-refractivity contribution in [2.75, 3.05) is 13.2 Å². The molecule has 1 N–H and O–H groups in total. The lowest BCUT2D eigenvalue weighted by Crippen LogP contribution is -2.18. The zero-order valence-electron chi connectivity index (χ0n) is 7.09. The third-order valence-corrected chi connectivity index (χ3v) is 2.21. The van der Waals surface area contributed by atoms with Crippen LogP contribution in [0.15, 0.2) is 0 Å². The summed E-state index contributed by atoms with van der Waals surface area (Å²) in [4.78, 5) is 0. The average molecular weight is 158 g/mol. The molecule has 0 aromatic carbocycles. The molecule has 1 atom stereocenters. The fraction of sp³-hybridized carbons (Fsp3) is 1.00. The van der Waals surface area contributed by atoms with Crippen LogP contribution in [0.1, 0.15) is 38.5 Å². The first-order chi connectivity index (χ1) is 5.43. The average Bonchev–Trinajstić information content (AvgIpc) is 2.07. The van der Waals surface area contributed by atoms with Gasteiger partial charge in [-0.2, -0.15) is 0 Å². The van der Waals surface area contributed by atoms with Crippen LogP contribution < -0.4 is 0 Å². The molecule has 1 aliphatic heterocycles. The molecule has 0 radical (unpaired) electrons. The molecule has 1 heterocycles. The Bertz CT molecular complexity index is 87.6. The molecule has 0 aromatic rings. The van der Waals surface area contributed by atoms with Crippen LogP contribution in [0.25, 0.3) is 0 Å². The minimum Gasteiger partial charge on any atom is -0.396 e. The van der Waals surface area contributed by atoms with Gasteiger partial charge in [-0.05, 0) is 38.5 Å². The Labute approximate surface area is 68.6 Å². The monoisotopic (exact) mass is 158 g/mol. The molecule has 0 amide bonds. The van der Waals surface area contributed by atoms with Crippen molar-refractivity contribution in [1.29, 1.82) is 0 Å². The quantitative estimate of drug-likeness (QED) is 0.631. The summed E-state index contributed by atoms with van der Waals surface area (Å²) in [6, 6.07) is 0. The second kappa shape index (κ2) is 5.56. The molecule has 1 rings (SSSR count). The van der Waals surface area contributed by atoms with E-state index in [1.165, 1.54) is 19.3 Å². The van der Waals surface area contributed by atoms with Gasteiger partial charge in [0.25, 0.3) is 0 Å². The van der Waals surface area contributed by atoms with E-state index in [-0.39, 0.29) is 0 Å². The van der Waals surface area contributed by atoms with Crippen LogP contribution in [0.4, 0.5) is 0 Å². The first-order valence-electron chi connectivity index (χ1n) is 4.66. The van der Waals surface area contributed by atoms with Gasteiger partial charge in [-0.3, -0.25) is 0 Å². The lowest BCUT2D eigenvalue weighted by atomic mass is 10.0. The Morgan fingerprint density at radius 3 is 2.82 bits per heavy atom. The molecular weight excluding hydrogens is 140 g/mol. The van der Waals surface area contributed by atoms with E-state index < -0.39 is 0 Å². The molecule has 2 heteroatoms. The van der Waals surface area contributed by atoms with Gasteiger partial charge in [0.1, 0.15) is 0 Å². The fourth-order valence-corrected chi connectivity index (χ4v) is 1.52. The minimum absolute atomic E-state index is 0.326. The van der Waals surface area contributed by atoms with Crippen molar-refractivity contribution in [3.63, 3.8) is 0 Å². The normalized spacial score (nSPS) is 25.4. The summed E-state index contributed by atoms with van der Waals surface area (Å²) in [6.45, 7) is 1.27.